The van der Waals surface area contributed by atoms with E-state index >= 15 is 0 Å². The molecule has 0 aliphatic carbocycles. The Balaban J connectivity index is 2.46. The molecule has 6 heteroatoms. The van der Waals surface area contributed by atoms with Gasteiger partial charge in [0.05, 0.1) is 23.7 Å². The van der Waals surface area contributed by atoms with Crippen molar-refractivity contribution in [3.63, 3.8) is 0 Å². The van der Waals surface area contributed by atoms with Crippen LogP contribution in [-0.4, -0.2) is 42.4 Å². The minimum absolute atomic E-state index is 0.0110. The van der Waals surface area contributed by atoms with Crippen LogP contribution >= 0.6 is 12.2 Å². The zero-order valence-electron chi connectivity index (χ0n) is 6.41. The average molecular weight is 184 g/mol. The van der Waals surface area contributed by atoms with E-state index in [4.69, 9.17) is 25.2 Å². The Hall–Kier alpha value is -0.615. The molecular weight excluding hydrogens is 175 g/mol. The maximum atomic E-state index is 10.5. The molecule has 4 nitrogen and oxygen atoms in total. The maximum Gasteiger partial charge on any atom is 0.200 e. The van der Waals surface area contributed by atoms with E-state index < -0.39 is 5.81 Å². The van der Waals surface area contributed by atoms with Crippen LogP contribution in [-0.2, 0) is 0 Å². The normalized spacial score (nSPS) is 28.2. The van der Waals surface area contributed by atoms with Gasteiger partial charge < -0.3 is 15.7 Å². The number of rotatable bonds is 2. The molecule has 1 heterocycles. The minimum atomic E-state index is -0.595. The lowest BCUT2D eigenvalue weighted by molar-refractivity contribution is 0.249. The SMILES string of the molecule is [B]C(=O)NC1CC(CO)NC1=S. The van der Waals surface area contributed by atoms with E-state index in [-0.39, 0.29) is 18.7 Å². The Morgan fingerprint density at radius 1 is 1.92 bits per heavy atom. The molecular formula is C6H9BN2O2S. The van der Waals surface area contributed by atoms with E-state index in [1.807, 2.05) is 0 Å². The monoisotopic (exact) mass is 184 g/mol. The second-order valence-electron chi connectivity index (χ2n) is 2.68. The van der Waals surface area contributed by atoms with Gasteiger partial charge in [0.1, 0.15) is 0 Å². The summed E-state index contributed by atoms with van der Waals surface area (Å²) in [5, 5.41) is 14.1. The Morgan fingerprint density at radius 3 is 3.00 bits per heavy atom. The molecule has 1 aliphatic heterocycles. The van der Waals surface area contributed by atoms with Crippen molar-refractivity contribution >= 4 is 30.9 Å². The Morgan fingerprint density at radius 2 is 2.58 bits per heavy atom. The van der Waals surface area contributed by atoms with E-state index in [9.17, 15) is 4.79 Å². The van der Waals surface area contributed by atoms with E-state index in [0.717, 1.165) is 0 Å². The van der Waals surface area contributed by atoms with E-state index in [1.54, 1.807) is 0 Å². The molecule has 2 unspecified atom stereocenters. The summed E-state index contributed by atoms with van der Waals surface area (Å²) in [6.45, 7) is 0.0110. The zero-order valence-corrected chi connectivity index (χ0v) is 7.23. The average Bonchev–Trinajstić information content (AvgIpc) is 2.31. The Bertz CT molecular complexity index is 212. The minimum Gasteiger partial charge on any atom is -0.394 e. The third-order valence-corrected chi connectivity index (χ3v) is 2.12. The number of carbonyl (C=O) groups is 1. The molecule has 64 valence electrons. The van der Waals surface area contributed by atoms with Crippen LogP contribution in [0, 0.1) is 0 Å². The topological polar surface area (TPSA) is 61.4 Å². The Labute approximate surface area is 77.1 Å². The third kappa shape index (κ3) is 2.18. The maximum absolute atomic E-state index is 10.5. The van der Waals surface area contributed by atoms with Crippen molar-refractivity contribution < 1.29 is 9.90 Å². The van der Waals surface area contributed by atoms with Crippen LogP contribution < -0.4 is 10.6 Å². The summed E-state index contributed by atoms with van der Waals surface area (Å²) in [5.74, 6) is -0.595. The van der Waals surface area contributed by atoms with Crippen LogP contribution in [0.15, 0.2) is 0 Å². The molecule has 12 heavy (non-hydrogen) atoms. The fraction of sp³-hybridized carbons (Fsp3) is 0.667. The molecule has 0 aromatic carbocycles. The quantitative estimate of drug-likeness (QED) is 0.377. The fourth-order valence-electron chi connectivity index (χ4n) is 1.17. The number of amides is 1. The van der Waals surface area contributed by atoms with Gasteiger partial charge >= 0.3 is 0 Å². The number of aliphatic hydroxyl groups excluding tert-OH is 1. The summed E-state index contributed by atoms with van der Waals surface area (Å²) < 4.78 is 0. The zero-order chi connectivity index (χ0) is 9.14. The number of hydrogen-bond donors (Lipinski definition) is 3. The summed E-state index contributed by atoms with van der Waals surface area (Å²) in [6.07, 6.45) is 0.596. The van der Waals surface area contributed by atoms with Gasteiger partial charge in [0.25, 0.3) is 0 Å². The number of thiocarbonyl (C=S) groups is 1. The second-order valence-corrected chi connectivity index (χ2v) is 3.12. The highest BCUT2D eigenvalue weighted by Crippen LogP contribution is 2.08. The first-order valence-electron chi connectivity index (χ1n) is 3.60. The highest BCUT2D eigenvalue weighted by atomic mass is 32.1. The van der Waals surface area contributed by atoms with Crippen molar-refractivity contribution in [1.29, 1.82) is 0 Å². The first-order valence-corrected chi connectivity index (χ1v) is 4.01. The molecule has 2 atom stereocenters. The molecule has 0 saturated carbocycles. The number of nitrogens with one attached hydrogen (secondary N) is 2. The van der Waals surface area contributed by atoms with Gasteiger partial charge in [0, 0.05) is 0 Å². The molecule has 1 rings (SSSR count). The lowest BCUT2D eigenvalue weighted by atomic mass is 10.1. The van der Waals surface area contributed by atoms with Crippen molar-refractivity contribution in [3.8, 4) is 0 Å². The smallest absolute Gasteiger partial charge is 0.200 e. The lowest BCUT2D eigenvalue weighted by Crippen LogP contribution is -2.38. The molecule has 1 fully saturated rings. The van der Waals surface area contributed by atoms with Crippen molar-refractivity contribution in [2.45, 2.75) is 18.5 Å². The van der Waals surface area contributed by atoms with Crippen LogP contribution in [0.2, 0.25) is 0 Å². The number of hydrogen-bond acceptors (Lipinski definition) is 3. The van der Waals surface area contributed by atoms with Crippen molar-refractivity contribution in [2.24, 2.45) is 0 Å². The molecule has 2 radical (unpaired) electrons. The van der Waals surface area contributed by atoms with Gasteiger partial charge in [-0.2, -0.15) is 0 Å². The Kier molecular flexibility index (Phi) is 3.05. The van der Waals surface area contributed by atoms with Gasteiger partial charge in [-0.25, -0.2) is 0 Å². The second kappa shape index (κ2) is 3.86. The molecule has 0 aromatic heterocycles. The first kappa shape index (κ1) is 9.47. The molecule has 3 N–H and O–H groups in total. The predicted octanol–water partition coefficient (Wildman–Crippen LogP) is -1.09. The predicted molar refractivity (Wildman–Crippen MR) is 49.3 cm³/mol. The highest BCUT2D eigenvalue weighted by Gasteiger charge is 2.28. The summed E-state index contributed by atoms with van der Waals surface area (Å²) in [4.78, 5) is 11.0. The molecule has 0 spiro atoms. The van der Waals surface area contributed by atoms with Crippen molar-refractivity contribution in [2.75, 3.05) is 6.61 Å². The van der Waals surface area contributed by atoms with E-state index in [1.165, 1.54) is 0 Å². The van der Waals surface area contributed by atoms with Crippen LogP contribution in [0.4, 0.5) is 4.79 Å². The fourth-order valence-corrected chi connectivity index (χ4v) is 1.49. The summed E-state index contributed by atoms with van der Waals surface area (Å²) in [7, 11) is 4.92. The number of carbonyl (C=O) groups excluding carboxylic acids is 1. The lowest BCUT2D eigenvalue weighted by Gasteiger charge is -2.08. The van der Waals surface area contributed by atoms with Gasteiger partial charge in [0.15, 0.2) is 5.81 Å². The van der Waals surface area contributed by atoms with Crippen LogP contribution in [0.5, 0.6) is 0 Å². The van der Waals surface area contributed by atoms with Crippen molar-refractivity contribution in [3.05, 3.63) is 0 Å². The molecule has 0 bridgehead atoms. The largest absolute Gasteiger partial charge is 0.394 e. The summed E-state index contributed by atoms with van der Waals surface area (Å²) >= 11 is 4.91. The van der Waals surface area contributed by atoms with Gasteiger partial charge in [0.2, 0.25) is 7.85 Å². The third-order valence-electron chi connectivity index (χ3n) is 1.72. The van der Waals surface area contributed by atoms with Gasteiger partial charge in [-0.05, 0) is 6.42 Å². The van der Waals surface area contributed by atoms with Gasteiger partial charge in [-0.3, -0.25) is 4.79 Å². The standard InChI is InChI=1S/C6H9BN2O2S/c7-6(11)9-4-1-3(2-10)8-5(4)12/h3-4,10H,1-2H2,(H,8,12)(H,9,11). The van der Waals surface area contributed by atoms with E-state index in [2.05, 4.69) is 10.6 Å². The highest BCUT2D eigenvalue weighted by molar-refractivity contribution is 7.80. The van der Waals surface area contributed by atoms with Crippen LogP contribution in [0.1, 0.15) is 6.42 Å². The summed E-state index contributed by atoms with van der Waals surface area (Å²) in [6, 6.07) is -0.288. The number of aliphatic hydroxyl groups is 1. The van der Waals surface area contributed by atoms with Crippen molar-refractivity contribution in [1.82, 2.24) is 10.6 Å². The molecule has 1 amide bonds. The van der Waals surface area contributed by atoms with Gasteiger partial charge in [-0.1, -0.05) is 12.2 Å². The van der Waals surface area contributed by atoms with Gasteiger partial charge in [-0.15, -0.1) is 0 Å². The van der Waals surface area contributed by atoms with E-state index in [0.29, 0.717) is 11.4 Å². The summed E-state index contributed by atoms with van der Waals surface area (Å²) in [5.41, 5.74) is 0. The van der Waals surface area contributed by atoms with Crippen LogP contribution in [0.3, 0.4) is 0 Å². The molecule has 0 aromatic rings. The first-order chi connectivity index (χ1) is 5.63. The van der Waals surface area contributed by atoms with Crippen LogP contribution in [0.25, 0.3) is 0 Å². The molecule has 1 saturated heterocycles. The molecule has 1 aliphatic rings.